The van der Waals surface area contributed by atoms with E-state index in [-0.39, 0.29) is 11.5 Å². The van der Waals surface area contributed by atoms with Gasteiger partial charge in [0.2, 0.25) is 11.9 Å². The van der Waals surface area contributed by atoms with Crippen LogP contribution in [0.5, 0.6) is 0 Å². The van der Waals surface area contributed by atoms with E-state index in [2.05, 4.69) is 25.4 Å². The van der Waals surface area contributed by atoms with E-state index in [9.17, 15) is 9.59 Å². The fourth-order valence-corrected chi connectivity index (χ4v) is 3.22. The summed E-state index contributed by atoms with van der Waals surface area (Å²) >= 11 is 1.38. The fourth-order valence-electron chi connectivity index (χ4n) is 2.68. The Morgan fingerprint density at radius 1 is 1.27 bits per heavy atom. The minimum absolute atomic E-state index is 0.0933. The molecule has 0 spiro atoms. The topological polar surface area (TPSA) is 106 Å². The number of carbonyl (C=O) groups is 1. The molecule has 3 rings (SSSR count). The highest BCUT2D eigenvalue weighted by Gasteiger charge is 2.16. The third kappa shape index (κ3) is 3.57. The van der Waals surface area contributed by atoms with Gasteiger partial charge in [-0.25, -0.2) is 14.6 Å². The van der Waals surface area contributed by atoms with Gasteiger partial charge in [-0.2, -0.15) is 5.10 Å². The van der Waals surface area contributed by atoms with Crippen molar-refractivity contribution in [3.8, 4) is 5.95 Å². The molecular formula is C17H20N6O2S. The van der Waals surface area contributed by atoms with Gasteiger partial charge in [0, 0.05) is 34.9 Å². The van der Waals surface area contributed by atoms with Crippen molar-refractivity contribution in [2.45, 2.75) is 40.5 Å². The normalized spacial score (nSPS) is 10.9. The highest BCUT2D eigenvalue weighted by atomic mass is 32.1. The lowest BCUT2D eigenvalue weighted by Gasteiger charge is -2.07. The molecule has 0 aromatic carbocycles. The number of thiazole rings is 1. The van der Waals surface area contributed by atoms with E-state index >= 15 is 0 Å². The Hall–Kier alpha value is -2.81. The molecule has 0 fully saturated rings. The molecule has 0 saturated heterocycles. The summed E-state index contributed by atoms with van der Waals surface area (Å²) in [4.78, 5) is 35.3. The zero-order chi connectivity index (χ0) is 18.8. The number of hydrogen-bond acceptors (Lipinski definition) is 6. The van der Waals surface area contributed by atoms with Crippen LogP contribution >= 0.6 is 11.3 Å². The van der Waals surface area contributed by atoms with Crippen LogP contribution in [0.4, 0.5) is 5.13 Å². The van der Waals surface area contributed by atoms with Gasteiger partial charge in [0.15, 0.2) is 5.13 Å². The Bertz CT molecular complexity index is 1000. The van der Waals surface area contributed by atoms with E-state index in [4.69, 9.17) is 0 Å². The number of nitrogens with zero attached hydrogens (tertiary/aromatic N) is 4. The van der Waals surface area contributed by atoms with Crippen molar-refractivity contribution in [3.63, 3.8) is 0 Å². The minimum Gasteiger partial charge on any atom is -0.302 e. The third-order valence-corrected chi connectivity index (χ3v) is 4.99. The van der Waals surface area contributed by atoms with Gasteiger partial charge in [-0.05, 0) is 39.7 Å². The standard InChI is InChI=1S/C17H20N6O2S/c1-9-10(2)19-16(21-15(9)25)23-12(4)13(11(3)22-23)5-6-14(24)20-17-18-7-8-26-17/h7-8H,5-6H2,1-4H3,(H,18,20,24)(H,19,21,25). The number of H-pyrrole nitrogens is 1. The zero-order valence-corrected chi connectivity index (χ0v) is 15.9. The molecular weight excluding hydrogens is 352 g/mol. The number of amides is 1. The lowest BCUT2D eigenvalue weighted by molar-refractivity contribution is -0.116. The highest BCUT2D eigenvalue weighted by Crippen LogP contribution is 2.18. The summed E-state index contributed by atoms with van der Waals surface area (Å²) in [6, 6.07) is 0. The van der Waals surface area contributed by atoms with Gasteiger partial charge in [0.05, 0.1) is 5.69 Å². The van der Waals surface area contributed by atoms with E-state index in [1.54, 1.807) is 24.7 Å². The van der Waals surface area contributed by atoms with E-state index < -0.39 is 0 Å². The number of aromatic amines is 1. The smallest absolute Gasteiger partial charge is 0.255 e. The fraction of sp³-hybridized carbons (Fsp3) is 0.353. The van der Waals surface area contributed by atoms with E-state index in [0.29, 0.717) is 35.2 Å². The molecule has 0 aliphatic heterocycles. The van der Waals surface area contributed by atoms with Crippen LogP contribution in [-0.2, 0) is 11.2 Å². The molecule has 0 radical (unpaired) electrons. The number of hydrogen-bond donors (Lipinski definition) is 2. The average molecular weight is 372 g/mol. The van der Waals surface area contributed by atoms with Crippen molar-refractivity contribution in [2.75, 3.05) is 5.32 Å². The molecule has 2 N–H and O–H groups in total. The number of anilines is 1. The number of rotatable bonds is 5. The molecule has 3 aromatic rings. The second kappa shape index (κ2) is 7.20. The second-order valence-electron chi connectivity index (χ2n) is 6.05. The highest BCUT2D eigenvalue weighted by molar-refractivity contribution is 7.13. The molecule has 3 aromatic heterocycles. The van der Waals surface area contributed by atoms with E-state index in [1.807, 2.05) is 19.2 Å². The van der Waals surface area contributed by atoms with Gasteiger partial charge in [-0.3, -0.25) is 14.6 Å². The van der Waals surface area contributed by atoms with Crippen molar-refractivity contribution >= 4 is 22.4 Å². The number of nitrogens with one attached hydrogen (secondary N) is 2. The summed E-state index contributed by atoms with van der Waals surface area (Å²) in [5.74, 6) is 0.293. The predicted octanol–water partition coefficient (Wildman–Crippen LogP) is 2.22. The summed E-state index contributed by atoms with van der Waals surface area (Å²) in [7, 11) is 0. The maximum absolute atomic E-state index is 12.1. The molecule has 0 aliphatic rings. The molecule has 1 amide bonds. The number of aromatic nitrogens is 5. The SMILES string of the molecule is Cc1nn(-c2nc(C)c(C)c(=O)[nH]2)c(C)c1CCC(=O)Nc1nccs1. The first-order valence-electron chi connectivity index (χ1n) is 8.19. The maximum Gasteiger partial charge on any atom is 0.255 e. The Morgan fingerprint density at radius 2 is 2.04 bits per heavy atom. The van der Waals surface area contributed by atoms with Gasteiger partial charge in [0.25, 0.3) is 5.56 Å². The van der Waals surface area contributed by atoms with Crippen LogP contribution < -0.4 is 10.9 Å². The van der Waals surface area contributed by atoms with E-state index in [0.717, 1.165) is 17.0 Å². The molecule has 0 saturated carbocycles. The van der Waals surface area contributed by atoms with Crippen LogP contribution in [0.25, 0.3) is 5.95 Å². The molecule has 8 nitrogen and oxygen atoms in total. The first kappa shape index (κ1) is 18.0. The largest absolute Gasteiger partial charge is 0.302 e. The third-order valence-electron chi connectivity index (χ3n) is 4.30. The molecule has 0 bridgehead atoms. The molecule has 0 atom stereocenters. The van der Waals surface area contributed by atoms with Crippen LogP contribution in [0.15, 0.2) is 16.4 Å². The Kier molecular flexibility index (Phi) is 4.99. The van der Waals surface area contributed by atoms with Crippen LogP contribution in [0.2, 0.25) is 0 Å². The summed E-state index contributed by atoms with van der Waals surface area (Å²) in [6.07, 6.45) is 2.52. The quantitative estimate of drug-likeness (QED) is 0.714. The minimum atomic E-state index is -0.176. The van der Waals surface area contributed by atoms with Crippen molar-refractivity contribution in [1.29, 1.82) is 0 Å². The van der Waals surface area contributed by atoms with Crippen molar-refractivity contribution in [2.24, 2.45) is 0 Å². The Morgan fingerprint density at radius 3 is 2.69 bits per heavy atom. The lowest BCUT2D eigenvalue weighted by atomic mass is 10.1. The lowest BCUT2D eigenvalue weighted by Crippen LogP contribution is -2.18. The Labute approximate surface area is 154 Å². The average Bonchev–Trinajstić information content (AvgIpc) is 3.19. The molecule has 9 heteroatoms. The van der Waals surface area contributed by atoms with Gasteiger partial charge < -0.3 is 5.32 Å². The number of aryl methyl sites for hydroxylation is 2. The second-order valence-corrected chi connectivity index (χ2v) is 6.94. The monoisotopic (exact) mass is 372 g/mol. The number of carbonyl (C=O) groups excluding carboxylic acids is 1. The molecule has 136 valence electrons. The zero-order valence-electron chi connectivity index (χ0n) is 15.1. The van der Waals surface area contributed by atoms with Gasteiger partial charge in [-0.1, -0.05) is 0 Å². The van der Waals surface area contributed by atoms with Gasteiger partial charge in [0.1, 0.15) is 0 Å². The summed E-state index contributed by atoms with van der Waals surface area (Å²) < 4.78 is 1.62. The van der Waals surface area contributed by atoms with E-state index in [1.165, 1.54) is 11.3 Å². The van der Waals surface area contributed by atoms with Crippen molar-refractivity contribution < 1.29 is 4.79 Å². The summed E-state index contributed by atoms with van der Waals surface area (Å²) in [5, 5.41) is 9.66. The maximum atomic E-state index is 12.1. The van der Waals surface area contributed by atoms with Crippen LogP contribution in [-0.4, -0.2) is 30.6 Å². The summed E-state index contributed by atoms with van der Waals surface area (Å²) in [6.45, 7) is 7.32. The Balaban J connectivity index is 1.80. The molecule has 3 heterocycles. The summed E-state index contributed by atoms with van der Waals surface area (Å²) in [5.41, 5.74) is 3.72. The first-order chi connectivity index (χ1) is 12.4. The first-order valence-corrected chi connectivity index (χ1v) is 9.07. The van der Waals surface area contributed by atoms with Crippen molar-refractivity contribution in [1.82, 2.24) is 24.7 Å². The molecule has 0 aliphatic carbocycles. The van der Waals surface area contributed by atoms with Gasteiger partial charge in [-0.15, -0.1) is 11.3 Å². The predicted molar refractivity (Wildman–Crippen MR) is 100.0 cm³/mol. The van der Waals surface area contributed by atoms with Crippen molar-refractivity contribution in [3.05, 3.63) is 50.1 Å². The van der Waals surface area contributed by atoms with Crippen LogP contribution in [0, 0.1) is 27.7 Å². The molecule has 26 heavy (non-hydrogen) atoms. The van der Waals surface area contributed by atoms with Gasteiger partial charge >= 0.3 is 0 Å². The van der Waals surface area contributed by atoms with Crippen LogP contribution in [0.1, 0.15) is 34.6 Å². The molecule has 0 unspecified atom stereocenters. The van der Waals surface area contributed by atoms with Crippen LogP contribution in [0.3, 0.4) is 0 Å².